The number of nitrogens with two attached hydrogens (primary N) is 1. The second kappa shape index (κ2) is 3.77. The Morgan fingerprint density at radius 3 is 2.27 bits per heavy atom. The molecule has 0 unspecified atom stereocenters. The monoisotopic (exact) mass is 215 g/mol. The minimum Gasteiger partial charge on any atom is -0.507 e. The molecule has 84 valence electrons. The van der Waals surface area contributed by atoms with Crippen molar-refractivity contribution in [2.75, 3.05) is 6.54 Å². The lowest BCUT2D eigenvalue weighted by Crippen LogP contribution is -2.40. The first-order chi connectivity index (χ1) is 6.83. The maximum Gasteiger partial charge on any atom is 0.282 e. The second-order valence-corrected chi connectivity index (χ2v) is 4.18. The number of alkyl halides is 2. The van der Waals surface area contributed by atoms with Crippen LogP contribution in [0.1, 0.15) is 19.4 Å². The van der Waals surface area contributed by atoms with Gasteiger partial charge in [-0.25, -0.2) is 8.78 Å². The molecule has 1 aromatic carbocycles. The van der Waals surface area contributed by atoms with Crippen molar-refractivity contribution in [2.45, 2.75) is 19.8 Å². The Balaban J connectivity index is 3.22. The molecule has 0 radical (unpaired) electrons. The number of rotatable bonds is 3. The van der Waals surface area contributed by atoms with Gasteiger partial charge in [0.2, 0.25) is 0 Å². The van der Waals surface area contributed by atoms with Crippen molar-refractivity contribution in [3.63, 3.8) is 0 Å². The van der Waals surface area contributed by atoms with Crippen molar-refractivity contribution in [3.05, 3.63) is 29.8 Å². The molecule has 3 N–H and O–H groups in total. The molecule has 0 amide bonds. The Kier molecular flexibility index (Phi) is 3.00. The van der Waals surface area contributed by atoms with E-state index in [2.05, 4.69) is 0 Å². The summed E-state index contributed by atoms with van der Waals surface area (Å²) in [7, 11) is 0. The van der Waals surface area contributed by atoms with Crippen LogP contribution in [0.5, 0.6) is 5.75 Å². The van der Waals surface area contributed by atoms with E-state index in [1.807, 2.05) is 0 Å². The van der Waals surface area contributed by atoms with Gasteiger partial charge in [-0.1, -0.05) is 26.0 Å². The third-order valence-electron chi connectivity index (χ3n) is 2.60. The van der Waals surface area contributed by atoms with Crippen molar-refractivity contribution < 1.29 is 13.9 Å². The van der Waals surface area contributed by atoms with Crippen molar-refractivity contribution in [1.82, 2.24) is 0 Å². The fourth-order valence-electron chi connectivity index (χ4n) is 1.23. The van der Waals surface area contributed by atoms with E-state index in [4.69, 9.17) is 5.73 Å². The van der Waals surface area contributed by atoms with Gasteiger partial charge in [-0.05, 0) is 12.1 Å². The van der Waals surface area contributed by atoms with Crippen LogP contribution in [0.15, 0.2) is 24.3 Å². The molecule has 0 aliphatic heterocycles. The molecule has 1 rings (SSSR count). The quantitative estimate of drug-likeness (QED) is 0.813. The SMILES string of the molecule is CC(C)(CN)C(F)(F)c1ccccc1O. The summed E-state index contributed by atoms with van der Waals surface area (Å²) < 4.78 is 27.9. The third kappa shape index (κ3) is 1.95. The van der Waals surface area contributed by atoms with Crippen molar-refractivity contribution >= 4 is 0 Å². The van der Waals surface area contributed by atoms with Crippen molar-refractivity contribution in [3.8, 4) is 5.75 Å². The molecule has 0 heterocycles. The lowest BCUT2D eigenvalue weighted by molar-refractivity contribution is -0.110. The number of hydrogen-bond donors (Lipinski definition) is 2. The largest absolute Gasteiger partial charge is 0.507 e. The van der Waals surface area contributed by atoms with Gasteiger partial charge >= 0.3 is 0 Å². The van der Waals surface area contributed by atoms with Gasteiger partial charge in [0, 0.05) is 12.0 Å². The number of benzene rings is 1. The maximum absolute atomic E-state index is 14.0. The molecule has 0 saturated heterocycles. The zero-order chi connectivity index (χ0) is 11.7. The molecule has 1 aromatic rings. The molecule has 0 aliphatic rings. The van der Waals surface area contributed by atoms with Gasteiger partial charge in [-0.15, -0.1) is 0 Å². The van der Waals surface area contributed by atoms with Crippen LogP contribution in [0.2, 0.25) is 0 Å². The van der Waals surface area contributed by atoms with Gasteiger partial charge in [0.1, 0.15) is 5.75 Å². The lowest BCUT2D eigenvalue weighted by atomic mass is 9.81. The Morgan fingerprint density at radius 1 is 1.27 bits per heavy atom. The van der Waals surface area contributed by atoms with Crippen LogP contribution in [0, 0.1) is 5.41 Å². The lowest BCUT2D eigenvalue weighted by Gasteiger charge is -2.33. The summed E-state index contributed by atoms with van der Waals surface area (Å²) in [4.78, 5) is 0. The number of halogens is 2. The minimum absolute atomic E-state index is 0.158. The number of para-hydroxylation sites is 1. The summed E-state index contributed by atoms with van der Waals surface area (Å²) in [5.41, 5.74) is 3.56. The van der Waals surface area contributed by atoms with Crippen LogP contribution in [0.4, 0.5) is 8.78 Å². The molecule has 0 saturated carbocycles. The van der Waals surface area contributed by atoms with E-state index in [9.17, 15) is 13.9 Å². The van der Waals surface area contributed by atoms with E-state index in [1.54, 1.807) is 0 Å². The normalized spacial score (nSPS) is 12.9. The Hall–Kier alpha value is -1.16. The van der Waals surface area contributed by atoms with Crippen LogP contribution in [-0.4, -0.2) is 11.7 Å². The standard InChI is InChI=1S/C11H15F2NO/c1-10(2,7-14)11(12,13)8-5-3-4-6-9(8)15/h3-6,15H,7,14H2,1-2H3. The Labute approximate surface area is 87.7 Å². The third-order valence-corrected chi connectivity index (χ3v) is 2.60. The minimum atomic E-state index is -3.15. The Morgan fingerprint density at radius 2 is 1.80 bits per heavy atom. The molecule has 0 aromatic heterocycles. The van der Waals surface area contributed by atoms with Gasteiger partial charge in [0.05, 0.1) is 5.56 Å². The predicted octanol–water partition coefficient (Wildman–Crippen LogP) is 2.47. The highest BCUT2D eigenvalue weighted by Crippen LogP contribution is 2.46. The van der Waals surface area contributed by atoms with Gasteiger partial charge in [0.15, 0.2) is 0 Å². The van der Waals surface area contributed by atoms with Gasteiger partial charge in [-0.3, -0.25) is 0 Å². The topological polar surface area (TPSA) is 46.2 Å². The summed E-state index contributed by atoms with van der Waals surface area (Å²) in [5, 5.41) is 9.38. The first kappa shape index (κ1) is 11.9. The summed E-state index contributed by atoms with van der Waals surface area (Å²) in [5.74, 6) is -3.54. The molecule has 0 atom stereocenters. The highest BCUT2D eigenvalue weighted by Gasteiger charge is 2.48. The van der Waals surface area contributed by atoms with Crippen molar-refractivity contribution in [2.24, 2.45) is 11.1 Å². The highest BCUT2D eigenvalue weighted by molar-refractivity contribution is 5.36. The predicted molar refractivity (Wildman–Crippen MR) is 54.8 cm³/mol. The van der Waals surface area contributed by atoms with E-state index in [-0.39, 0.29) is 12.1 Å². The van der Waals surface area contributed by atoms with Gasteiger partial charge in [0.25, 0.3) is 5.92 Å². The number of phenols is 1. The Bertz CT molecular complexity index is 350. The molecule has 15 heavy (non-hydrogen) atoms. The summed E-state index contributed by atoms with van der Waals surface area (Å²) >= 11 is 0. The summed E-state index contributed by atoms with van der Waals surface area (Å²) in [6.07, 6.45) is 0. The molecule has 0 fully saturated rings. The average molecular weight is 215 g/mol. The first-order valence-electron chi connectivity index (χ1n) is 4.69. The van der Waals surface area contributed by atoms with Crippen LogP contribution in [0.3, 0.4) is 0 Å². The number of aromatic hydroxyl groups is 1. The van der Waals surface area contributed by atoms with Crippen LogP contribution >= 0.6 is 0 Å². The van der Waals surface area contributed by atoms with Gasteiger partial charge < -0.3 is 10.8 Å². The van der Waals surface area contributed by atoms with E-state index >= 15 is 0 Å². The summed E-state index contributed by atoms with van der Waals surface area (Å²) in [6, 6.07) is 5.43. The zero-order valence-electron chi connectivity index (χ0n) is 8.80. The average Bonchev–Trinajstić information content (AvgIpc) is 2.18. The summed E-state index contributed by atoms with van der Waals surface area (Å²) in [6.45, 7) is 2.59. The first-order valence-corrected chi connectivity index (χ1v) is 4.69. The van der Waals surface area contributed by atoms with Crippen LogP contribution in [0.25, 0.3) is 0 Å². The molecule has 2 nitrogen and oxygen atoms in total. The number of hydrogen-bond acceptors (Lipinski definition) is 2. The highest BCUT2D eigenvalue weighted by atomic mass is 19.3. The fraction of sp³-hybridized carbons (Fsp3) is 0.455. The van der Waals surface area contributed by atoms with Gasteiger partial charge in [-0.2, -0.15) is 0 Å². The second-order valence-electron chi connectivity index (χ2n) is 4.18. The van der Waals surface area contributed by atoms with E-state index in [1.165, 1.54) is 38.1 Å². The molecule has 4 heteroatoms. The maximum atomic E-state index is 14.0. The van der Waals surface area contributed by atoms with E-state index in [0.717, 1.165) is 0 Å². The van der Waals surface area contributed by atoms with Crippen LogP contribution < -0.4 is 5.73 Å². The molecule has 0 aliphatic carbocycles. The number of phenolic OH excluding ortho intramolecular Hbond substituents is 1. The van der Waals surface area contributed by atoms with E-state index in [0.29, 0.717) is 0 Å². The molecular weight excluding hydrogens is 200 g/mol. The van der Waals surface area contributed by atoms with Crippen LogP contribution in [-0.2, 0) is 5.92 Å². The smallest absolute Gasteiger partial charge is 0.282 e. The zero-order valence-corrected chi connectivity index (χ0v) is 8.80. The fourth-order valence-corrected chi connectivity index (χ4v) is 1.23. The molecule has 0 spiro atoms. The molecular formula is C11H15F2NO. The van der Waals surface area contributed by atoms with Crippen molar-refractivity contribution in [1.29, 1.82) is 0 Å². The van der Waals surface area contributed by atoms with E-state index < -0.39 is 17.1 Å². The molecule has 0 bridgehead atoms.